The van der Waals surface area contributed by atoms with Gasteiger partial charge in [0, 0.05) is 5.92 Å². The Bertz CT molecular complexity index is 281. The lowest BCUT2D eigenvalue weighted by Crippen LogP contribution is -2.17. The summed E-state index contributed by atoms with van der Waals surface area (Å²) in [7, 11) is 0. The van der Waals surface area contributed by atoms with Gasteiger partial charge in [0.05, 0.1) is 12.8 Å². The Hall–Kier alpha value is -1.32. The molecule has 0 bridgehead atoms. The molecule has 0 radical (unpaired) electrons. The summed E-state index contributed by atoms with van der Waals surface area (Å²) in [5, 5.41) is 8.60. The second-order valence-electron chi connectivity index (χ2n) is 3.47. The van der Waals surface area contributed by atoms with Gasteiger partial charge in [-0.05, 0) is 12.0 Å². The summed E-state index contributed by atoms with van der Waals surface area (Å²) < 4.78 is 4.98. The Kier molecular flexibility index (Phi) is 1.83. The van der Waals surface area contributed by atoms with Crippen LogP contribution >= 0.6 is 0 Å². The zero-order chi connectivity index (χ0) is 9.42. The van der Waals surface area contributed by atoms with Crippen molar-refractivity contribution in [2.24, 2.45) is 11.8 Å². The summed E-state index contributed by atoms with van der Waals surface area (Å²) in [6, 6.07) is 0. The van der Waals surface area contributed by atoms with Crippen molar-refractivity contribution in [2.45, 2.75) is 18.9 Å². The Morgan fingerprint density at radius 1 is 1.62 bits per heavy atom. The molecule has 0 aromatic heterocycles. The van der Waals surface area contributed by atoms with Gasteiger partial charge in [-0.1, -0.05) is 6.08 Å². The fourth-order valence-electron chi connectivity index (χ4n) is 1.99. The minimum atomic E-state index is -0.824. The first-order valence-corrected chi connectivity index (χ1v) is 4.26. The Morgan fingerprint density at radius 3 is 3.08 bits per heavy atom. The van der Waals surface area contributed by atoms with Crippen molar-refractivity contribution in [1.82, 2.24) is 0 Å². The minimum absolute atomic E-state index is 0.0334. The summed E-state index contributed by atoms with van der Waals surface area (Å²) >= 11 is 0. The summed E-state index contributed by atoms with van der Waals surface area (Å²) in [6.07, 6.45) is 3.92. The normalized spacial score (nSPS) is 36.0. The highest BCUT2D eigenvalue weighted by atomic mass is 16.5. The zero-order valence-electron chi connectivity index (χ0n) is 6.97. The number of carboxylic acid groups (broad SMARTS) is 1. The van der Waals surface area contributed by atoms with E-state index in [2.05, 4.69) is 0 Å². The average Bonchev–Trinajstić information content (AvgIpc) is 2.51. The smallest absolute Gasteiger partial charge is 0.306 e. The second kappa shape index (κ2) is 2.87. The molecule has 0 amide bonds. The predicted octanol–water partition coefficient (Wildman–Crippen LogP) is 0.579. The van der Waals surface area contributed by atoms with E-state index in [0.29, 0.717) is 6.42 Å². The van der Waals surface area contributed by atoms with Gasteiger partial charge in [0.1, 0.15) is 6.10 Å². The van der Waals surface area contributed by atoms with E-state index in [-0.39, 0.29) is 30.3 Å². The molecular formula is C9H10O4. The van der Waals surface area contributed by atoms with E-state index in [4.69, 9.17) is 9.84 Å². The fourth-order valence-corrected chi connectivity index (χ4v) is 1.99. The Balaban J connectivity index is 2.05. The zero-order valence-corrected chi connectivity index (χ0v) is 6.97. The number of carbonyl (C=O) groups is 2. The van der Waals surface area contributed by atoms with Crippen molar-refractivity contribution in [3.05, 3.63) is 12.2 Å². The van der Waals surface area contributed by atoms with Gasteiger partial charge in [-0.15, -0.1) is 0 Å². The van der Waals surface area contributed by atoms with Crippen LogP contribution in [-0.2, 0) is 14.3 Å². The molecule has 2 aliphatic rings. The maximum atomic E-state index is 10.9. The third-order valence-corrected chi connectivity index (χ3v) is 2.60. The first-order valence-electron chi connectivity index (χ1n) is 4.26. The van der Waals surface area contributed by atoms with Crippen molar-refractivity contribution in [2.75, 3.05) is 0 Å². The standard InChI is InChI=1S/C9H10O4/c10-8(11)3-5-1-2-7-6(5)4-9(12)13-7/h1-2,5-7H,3-4H2,(H,10,11)/t5-,6-,7+/m1/s1. The maximum absolute atomic E-state index is 10.9. The third kappa shape index (κ3) is 1.43. The van der Waals surface area contributed by atoms with Crippen LogP contribution in [0.2, 0.25) is 0 Å². The van der Waals surface area contributed by atoms with Crippen LogP contribution in [0.3, 0.4) is 0 Å². The molecular weight excluding hydrogens is 172 g/mol. The van der Waals surface area contributed by atoms with Gasteiger partial charge in [0.25, 0.3) is 0 Å². The van der Waals surface area contributed by atoms with E-state index in [1.807, 2.05) is 6.08 Å². The highest BCUT2D eigenvalue weighted by molar-refractivity contribution is 5.74. The minimum Gasteiger partial charge on any atom is -0.481 e. The van der Waals surface area contributed by atoms with Gasteiger partial charge >= 0.3 is 11.9 Å². The van der Waals surface area contributed by atoms with Crippen LogP contribution in [0.1, 0.15) is 12.8 Å². The lowest BCUT2D eigenvalue weighted by atomic mass is 9.90. The fraction of sp³-hybridized carbons (Fsp3) is 0.556. The number of esters is 1. The van der Waals surface area contributed by atoms with Gasteiger partial charge in [0.2, 0.25) is 0 Å². The molecule has 1 saturated heterocycles. The van der Waals surface area contributed by atoms with Crippen molar-refractivity contribution < 1.29 is 19.4 Å². The summed E-state index contributed by atoms with van der Waals surface area (Å²) in [4.78, 5) is 21.4. The lowest BCUT2D eigenvalue weighted by molar-refractivity contribution is -0.140. The molecule has 3 atom stereocenters. The molecule has 0 saturated carbocycles. The molecule has 2 rings (SSSR count). The van der Waals surface area contributed by atoms with Crippen LogP contribution in [0.15, 0.2) is 12.2 Å². The average molecular weight is 182 g/mol. The van der Waals surface area contributed by atoms with E-state index in [1.54, 1.807) is 6.08 Å². The third-order valence-electron chi connectivity index (χ3n) is 2.60. The number of carboxylic acids is 1. The summed E-state index contributed by atoms with van der Waals surface area (Å²) in [5.41, 5.74) is 0. The molecule has 0 unspecified atom stereocenters. The van der Waals surface area contributed by atoms with Gasteiger partial charge in [-0.25, -0.2) is 0 Å². The molecule has 0 aromatic rings. The Morgan fingerprint density at radius 2 is 2.38 bits per heavy atom. The molecule has 70 valence electrons. The van der Waals surface area contributed by atoms with Crippen LogP contribution in [0, 0.1) is 11.8 Å². The van der Waals surface area contributed by atoms with Gasteiger partial charge in [-0.2, -0.15) is 0 Å². The summed E-state index contributed by atoms with van der Waals surface area (Å²) in [5.74, 6) is -1.01. The van der Waals surface area contributed by atoms with E-state index in [1.165, 1.54) is 0 Å². The number of carbonyl (C=O) groups excluding carboxylic acids is 1. The molecule has 0 aromatic carbocycles. The van der Waals surface area contributed by atoms with Crippen LogP contribution in [0.25, 0.3) is 0 Å². The van der Waals surface area contributed by atoms with Crippen LogP contribution in [-0.4, -0.2) is 23.1 Å². The number of hydrogen-bond donors (Lipinski definition) is 1. The number of hydrogen-bond acceptors (Lipinski definition) is 3. The van der Waals surface area contributed by atoms with Gasteiger partial charge in [-0.3, -0.25) is 9.59 Å². The van der Waals surface area contributed by atoms with Crippen molar-refractivity contribution >= 4 is 11.9 Å². The molecule has 1 fully saturated rings. The molecule has 13 heavy (non-hydrogen) atoms. The van der Waals surface area contributed by atoms with Gasteiger partial charge < -0.3 is 9.84 Å². The van der Waals surface area contributed by atoms with Crippen molar-refractivity contribution in [3.8, 4) is 0 Å². The molecule has 1 aliphatic carbocycles. The highest BCUT2D eigenvalue weighted by Gasteiger charge is 2.41. The quantitative estimate of drug-likeness (QED) is 0.501. The lowest BCUT2D eigenvalue weighted by Gasteiger charge is -2.12. The molecule has 1 N–H and O–H groups in total. The number of fused-ring (bicyclic) bond motifs is 1. The number of allylic oxidation sites excluding steroid dienone is 1. The summed E-state index contributed by atoms with van der Waals surface area (Å²) in [6.45, 7) is 0. The topological polar surface area (TPSA) is 63.6 Å². The molecule has 1 aliphatic heterocycles. The molecule has 4 heteroatoms. The van der Waals surface area contributed by atoms with E-state index >= 15 is 0 Å². The predicted molar refractivity (Wildman–Crippen MR) is 42.9 cm³/mol. The first-order chi connectivity index (χ1) is 6.16. The largest absolute Gasteiger partial charge is 0.481 e. The van der Waals surface area contributed by atoms with E-state index in [0.717, 1.165) is 0 Å². The monoisotopic (exact) mass is 182 g/mol. The van der Waals surface area contributed by atoms with Crippen LogP contribution < -0.4 is 0 Å². The van der Waals surface area contributed by atoms with Crippen LogP contribution in [0.4, 0.5) is 0 Å². The van der Waals surface area contributed by atoms with E-state index in [9.17, 15) is 9.59 Å². The molecule has 4 nitrogen and oxygen atoms in total. The second-order valence-corrected chi connectivity index (χ2v) is 3.47. The van der Waals surface area contributed by atoms with Crippen molar-refractivity contribution in [1.29, 1.82) is 0 Å². The number of rotatable bonds is 2. The Labute approximate surface area is 75.2 Å². The number of ether oxygens (including phenoxy) is 1. The molecule has 1 heterocycles. The van der Waals surface area contributed by atoms with Gasteiger partial charge in [0.15, 0.2) is 0 Å². The number of aliphatic carboxylic acids is 1. The first kappa shape index (κ1) is 8.29. The maximum Gasteiger partial charge on any atom is 0.306 e. The highest BCUT2D eigenvalue weighted by Crippen LogP contribution is 2.37. The van der Waals surface area contributed by atoms with Crippen LogP contribution in [0.5, 0.6) is 0 Å². The SMILES string of the molecule is O=C(O)C[C@H]1C=C[C@@H]2OC(=O)C[C@H]12. The van der Waals surface area contributed by atoms with Crippen molar-refractivity contribution in [3.63, 3.8) is 0 Å². The van der Waals surface area contributed by atoms with E-state index < -0.39 is 5.97 Å². The molecule has 0 spiro atoms.